The van der Waals surface area contributed by atoms with Crippen LogP contribution in [0.2, 0.25) is 0 Å². The lowest BCUT2D eigenvalue weighted by molar-refractivity contribution is 0.122. The predicted octanol–water partition coefficient (Wildman–Crippen LogP) is 4.37. The van der Waals surface area contributed by atoms with E-state index in [4.69, 9.17) is 14.2 Å². The summed E-state index contributed by atoms with van der Waals surface area (Å²) in [5, 5.41) is 9.33. The second-order valence-electron chi connectivity index (χ2n) is 5.89. The summed E-state index contributed by atoms with van der Waals surface area (Å²) < 4.78 is 17.2. The first-order valence-electron chi connectivity index (χ1n) is 8.91. The minimum absolute atomic E-state index is 0.412. The molecule has 0 atom stereocenters. The van der Waals surface area contributed by atoms with Gasteiger partial charge in [-0.1, -0.05) is 26.7 Å². The summed E-state index contributed by atoms with van der Waals surface area (Å²) in [5.74, 6) is 1.33. The Morgan fingerprint density at radius 1 is 1.04 bits per heavy atom. The Balaban J connectivity index is 2.26. The molecule has 0 bridgehead atoms. The van der Waals surface area contributed by atoms with Gasteiger partial charge >= 0.3 is 5.69 Å². The summed E-state index contributed by atoms with van der Waals surface area (Å²) in [4.78, 5) is 5.61. The molecule has 6 nitrogen and oxygen atoms in total. The molecular weight excluding hydrogens is 306 g/mol. The summed E-state index contributed by atoms with van der Waals surface area (Å²) >= 11 is 0. The average Bonchev–Trinajstić information content (AvgIpc) is 2.63. The molecule has 0 aromatic heterocycles. The van der Waals surface area contributed by atoms with Gasteiger partial charge in [0.2, 0.25) is 11.1 Å². The second-order valence-corrected chi connectivity index (χ2v) is 5.89. The minimum Gasteiger partial charge on any atom is -0.491 e. The van der Waals surface area contributed by atoms with E-state index in [9.17, 15) is 5.39 Å². The topological polar surface area (TPSA) is 59.1 Å². The Kier molecular flexibility index (Phi) is 7.63. The maximum atomic E-state index is 9.33. The molecule has 0 aliphatic carbocycles. The van der Waals surface area contributed by atoms with Gasteiger partial charge in [-0.15, -0.1) is 0 Å². The zero-order valence-corrected chi connectivity index (χ0v) is 14.8. The van der Waals surface area contributed by atoms with Crippen LogP contribution in [0.3, 0.4) is 0 Å². The molecule has 0 amide bonds. The Morgan fingerprint density at radius 2 is 1.67 bits per heavy atom. The van der Waals surface area contributed by atoms with Crippen molar-refractivity contribution in [1.82, 2.24) is 0 Å². The molecule has 1 saturated heterocycles. The molecule has 1 aliphatic rings. The predicted molar refractivity (Wildman–Crippen MR) is 95.0 cm³/mol. The molecule has 1 fully saturated rings. The van der Waals surface area contributed by atoms with E-state index >= 15 is 0 Å². The van der Waals surface area contributed by atoms with Crippen molar-refractivity contribution >= 4 is 11.4 Å². The molecule has 0 N–H and O–H groups in total. The molecular formula is C18H28N3O3+. The number of ether oxygens (including phenoxy) is 3. The van der Waals surface area contributed by atoms with E-state index in [2.05, 4.69) is 23.7 Å². The summed E-state index contributed by atoms with van der Waals surface area (Å²) in [7, 11) is 0. The molecule has 2 rings (SSSR count). The molecule has 6 heteroatoms. The minimum atomic E-state index is 0.412. The van der Waals surface area contributed by atoms with E-state index in [1.165, 1.54) is 0 Å². The number of benzene rings is 1. The van der Waals surface area contributed by atoms with Gasteiger partial charge in [0.1, 0.15) is 0 Å². The van der Waals surface area contributed by atoms with Crippen LogP contribution < -0.4 is 14.4 Å². The monoisotopic (exact) mass is 334 g/mol. The third-order valence-corrected chi connectivity index (χ3v) is 4.01. The second kappa shape index (κ2) is 9.99. The van der Waals surface area contributed by atoms with E-state index in [1.807, 2.05) is 6.07 Å². The highest BCUT2D eigenvalue weighted by atomic mass is 16.5. The molecule has 1 heterocycles. The van der Waals surface area contributed by atoms with Gasteiger partial charge in [0.05, 0.1) is 38.2 Å². The Bertz CT molecular complexity index is 551. The molecule has 1 aliphatic heterocycles. The van der Waals surface area contributed by atoms with E-state index in [1.54, 1.807) is 6.07 Å². The van der Waals surface area contributed by atoms with Gasteiger partial charge in [0.25, 0.3) is 0 Å². The van der Waals surface area contributed by atoms with E-state index in [0.29, 0.717) is 37.9 Å². The lowest BCUT2D eigenvalue weighted by atomic mass is 10.2. The third-order valence-electron chi connectivity index (χ3n) is 4.01. The van der Waals surface area contributed by atoms with Crippen LogP contribution >= 0.6 is 0 Å². The molecule has 132 valence electrons. The third kappa shape index (κ3) is 5.00. The SMILES string of the molecule is CCCCOc1cc(N2CCOCC2)c(OCCCC)cc1[N+]#N. The van der Waals surface area contributed by atoms with Crippen molar-refractivity contribution < 1.29 is 14.2 Å². The van der Waals surface area contributed by atoms with Crippen LogP contribution in [0.5, 0.6) is 11.5 Å². The van der Waals surface area contributed by atoms with Crippen LogP contribution in [0.25, 0.3) is 4.98 Å². The van der Waals surface area contributed by atoms with Gasteiger partial charge < -0.3 is 19.1 Å². The number of diazo groups is 1. The van der Waals surface area contributed by atoms with Crippen molar-refractivity contribution in [2.45, 2.75) is 39.5 Å². The molecule has 0 radical (unpaired) electrons. The highest BCUT2D eigenvalue weighted by molar-refractivity contribution is 5.72. The van der Waals surface area contributed by atoms with Gasteiger partial charge in [-0.25, -0.2) is 0 Å². The van der Waals surface area contributed by atoms with Crippen molar-refractivity contribution in [3.05, 3.63) is 17.1 Å². The molecule has 0 unspecified atom stereocenters. The van der Waals surface area contributed by atoms with Gasteiger partial charge in [-0.05, 0) is 12.8 Å². The van der Waals surface area contributed by atoms with Crippen molar-refractivity contribution in [2.24, 2.45) is 0 Å². The number of unbranched alkanes of at least 4 members (excludes halogenated alkanes) is 2. The van der Waals surface area contributed by atoms with Gasteiger partial charge in [-0.3, -0.25) is 0 Å². The van der Waals surface area contributed by atoms with Crippen LogP contribution in [-0.4, -0.2) is 39.5 Å². The van der Waals surface area contributed by atoms with Crippen LogP contribution in [0.15, 0.2) is 12.1 Å². The Morgan fingerprint density at radius 3 is 2.25 bits per heavy atom. The molecule has 1 aromatic carbocycles. The normalized spacial score (nSPS) is 14.3. The first-order valence-corrected chi connectivity index (χ1v) is 8.91. The molecule has 1 aromatic rings. The maximum Gasteiger partial charge on any atom is 0.430 e. The summed E-state index contributed by atoms with van der Waals surface area (Å²) in [6.07, 6.45) is 4.08. The summed E-state index contributed by atoms with van der Waals surface area (Å²) in [6.45, 7) is 8.53. The largest absolute Gasteiger partial charge is 0.491 e. The number of hydrogen-bond donors (Lipinski definition) is 0. The number of anilines is 1. The summed E-state index contributed by atoms with van der Waals surface area (Å²) in [5.41, 5.74) is 1.39. The highest BCUT2D eigenvalue weighted by Crippen LogP contribution is 2.40. The first-order chi connectivity index (χ1) is 11.8. The lowest BCUT2D eigenvalue weighted by Crippen LogP contribution is -2.36. The molecule has 0 spiro atoms. The Hall–Kier alpha value is -2.00. The van der Waals surface area contributed by atoms with Crippen molar-refractivity contribution in [1.29, 1.82) is 5.39 Å². The standard InChI is InChI=1S/C18H28N3O3/c1-3-5-9-23-17-14-16(21-7-11-22-12-8-21)18(13-15(17)20-19)24-10-6-4-2/h13-14H,3-12H2,1-2H3/q+1. The van der Waals surface area contributed by atoms with E-state index < -0.39 is 0 Å². The van der Waals surface area contributed by atoms with Crippen molar-refractivity contribution in [2.75, 3.05) is 44.4 Å². The fourth-order valence-corrected chi connectivity index (χ4v) is 2.55. The van der Waals surface area contributed by atoms with E-state index in [-0.39, 0.29) is 0 Å². The van der Waals surface area contributed by atoms with Crippen LogP contribution in [0.1, 0.15) is 39.5 Å². The summed E-state index contributed by atoms with van der Waals surface area (Å²) in [6, 6.07) is 3.69. The fourth-order valence-electron chi connectivity index (χ4n) is 2.55. The van der Waals surface area contributed by atoms with Crippen LogP contribution in [0.4, 0.5) is 11.4 Å². The lowest BCUT2D eigenvalue weighted by Gasteiger charge is -2.30. The van der Waals surface area contributed by atoms with Crippen LogP contribution in [0, 0.1) is 5.39 Å². The number of morpholine rings is 1. The number of nitrogens with zero attached hydrogens (tertiary/aromatic N) is 3. The smallest absolute Gasteiger partial charge is 0.430 e. The number of rotatable bonds is 9. The van der Waals surface area contributed by atoms with E-state index in [0.717, 1.165) is 50.2 Å². The average molecular weight is 334 g/mol. The molecule has 24 heavy (non-hydrogen) atoms. The Labute approximate surface area is 144 Å². The maximum absolute atomic E-state index is 9.33. The zero-order chi connectivity index (χ0) is 17.2. The fraction of sp³-hybridized carbons (Fsp3) is 0.667. The number of hydrogen-bond acceptors (Lipinski definition) is 5. The van der Waals surface area contributed by atoms with Crippen molar-refractivity contribution in [3.8, 4) is 11.5 Å². The van der Waals surface area contributed by atoms with Gasteiger partial charge in [-0.2, -0.15) is 0 Å². The van der Waals surface area contributed by atoms with Crippen molar-refractivity contribution in [3.63, 3.8) is 0 Å². The van der Waals surface area contributed by atoms with Gasteiger partial charge in [0.15, 0.2) is 10.7 Å². The quantitative estimate of drug-likeness (QED) is 0.496. The zero-order valence-electron chi connectivity index (χ0n) is 14.8. The highest BCUT2D eigenvalue weighted by Gasteiger charge is 2.24. The molecule has 0 saturated carbocycles. The van der Waals surface area contributed by atoms with Gasteiger partial charge in [0, 0.05) is 19.2 Å². The first kappa shape index (κ1) is 18.3. The van der Waals surface area contributed by atoms with Crippen LogP contribution in [-0.2, 0) is 4.74 Å².